The summed E-state index contributed by atoms with van der Waals surface area (Å²) in [5, 5.41) is 6.17. The first-order valence-corrected chi connectivity index (χ1v) is 10.6. The zero-order valence-corrected chi connectivity index (χ0v) is 17.6. The first-order chi connectivity index (χ1) is 14.6. The van der Waals surface area contributed by atoms with Gasteiger partial charge in [-0.1, -0.05) is 24.6 Å². The summed E-state index contributed by atoms with van der Waals surface area (Å²) in [4.78, 5) is 15.5. The van der Waals surface area contributed by atoms with Gasteiger partial charge in [0, 0.05) is 18.0 Å². The molecule has 2 unspecified atom stereocenters. The van der Waals surface area contributed by atoms with Crippen LogP contribution in [-0.2, 0) is 4.79 Å². The van der Waals surface area contributed by atoms with Crippen molar-refractivity contribution in [2.75, 3.05) is 20.2 Å². The number of hydrogen-bond acceptors (Lipinski definition) is 4. The van der Waals surface area contributed by atoms with Gasteiger partial charge in [0.25, 0.3) is 5.91 Å². The minimum absolute atomic E-state index is 0.0829. The van der Waals surface area contributed by atoms with E-state index in [4.69, 9.17) is 4.74 Å². The summed E-state index contributed by atoms with van der Waals surface area (Å²) in [6.45, 7) is 3.39. The number of piperidine rings is 1. The molecule has 1 amide bonds. The van der Waals surface area contributed by atoms with Gasteiger partial charge in [-0.3, -0.25) is 9.69 Å². The number of carbonyl (C=O) groups excluding carboxylic acids is 1. The van der Waals surface area contributed by atoms with Crippen LogP contribution in [0.3, 0.4) is 0 Å². The maximum Gasteiger partial charge on any atom is 0.257 e. The van der Waals surface area contributed by atoms with Gasteiger partial charge in [0.2, 0.25) is 0 Å². The number of amides is 1. The molecule has 2 aliphatic rings. The van der Waals surface area contributed by atoms with Crippen LogP contribution in [0.1, 0.15) is 49.8 Å². The average molecular weight is 410 g/mol. The van der Waals surface area contributed by atoms with E-state index in [2.05, 4.69) is 16.9 Å². The van der Waals surface area contributed by atoms with Crippen molar-refractivity contribution < 1.29 is 13.9 Å². The maximum atomic E-state index is 14.6. The predicted molar refractivity (Wildman–Crippen MR) is 115 cm³/mol. The number of methoxy groups -OCH3 is 1. The van der Waals surface area contributed by atoms with Crippen LogP contribution in [-0.4, -0.2) is 47.8 Å². The van der Waals surface area contributed by atoms with Crippen molar-refractivity contribution in [2.45, 2.75) is 44.7 Å². The predicted octanol–water partition coefficient (Wildman–Crippen LogP) is 4.39. The van der Waals surface area contributed by atoms with Gasteiger partial charge in [-0.25, -0.2) is 9.40 Å². The molecule has 0 bridgehead atoms. The minimum Gasteiger partial charge on any atom is -0.497 e. The number of hydrogen-bond donors (Lipinski definition) is 0. The topological polar surface area (TPSA) is 45.1 Å². The van der Waals surface area contributed by atoms with Crippen molar-refractivity contribution >= 4 is 11.6 Å². The molecule has 30 heavy (non-hydrogen) atoms. The first kappa shape index (κ1) is 20.5. The Morgan fingerprint density at radius 1 is 1.17 bits per heavy atom. The fraction of sp³-hybridized carbons (Fsp3) is 0.417. The maximum absolute atomic E-state index is 14.6. The molecule has 2 heterocycles. The molecule has 0 spiro atoms. The molecule has 1 fully saturated rings. The molecule has 1 saturated heterocycles. The van der Waals surface area contributed by atoms with E-state index < -0.39 is 6.04 Å². The van der Waals surface area contributed by atoms with Gasteiger partial charge in [-0.2, -0.15) is 5.10 Å². The molecule has 4 rings (SSSR count). The summed E-state index contributed by atoms with van der Waals surface area (Å²) in [5.74, 6) is 0.369. The number of hydrazone groups is 1. The molecule has 158 valence electrons. The quantitative estimate of drug-likeness (QED) is 0.736. The van der Waals surface area contributed by atoms with Crippen molar-refractivity contribution in [3.05, 3.63) is 65.5 Å². The summed E-state index contributed by atoms with van der Waals surface area (Å²) in [7, 11) is 1.62. The SMILES string of the molecule is COc1ccc(C2=NN(C(=O)CN3CCCCC3C)C(c3ccccc3F)C2)cc1. The Morgan fingerprint density at radius 2 is 1.93 bits per heavy atom. The van der Waals surface area contributed by atoms with Crippen LogP contribution >= 0.6 is 0 Å². The Bertz CT molecular complexity index is 928. The molecule has 0 aliphatic carbocycles. The van der Waals surface area contributed by atoms with E-state index in [9.17, 15) is 9.18 Å². The number of rotatable bonds is 5. The van der Waals surface area contributed by atoms with Gasteiger partial charge in [0.1, 0.15) is 11.6 Å². The highest BCUT2D eigenvalue weighted by molar-refractivity contribution is 6.03. The highest BCUT2D eigenvalue weighted by atomic mass is 19.1. The molecular formula is C24H28FN3O2. The van der Waals surface area contributed by atoms with Gasteiger partial charge in [-0.15, -0.1) is 0 Å². The number of ether oxygens (including phenoxy) is 1. The molecule has 0 radical (unpaired) electrons. The molecule has 2 atom stereocenters. The first-order valence-electron chi connectivity index (χ1n) is 10.6. The summed E-state index contributed by atoms with van der Waals surface area (Å²) < 4.78 is 19.8. The van der Waals surface area contributed by atoms with Crippen LogP contribution in [0, 0.1) is 5.82 Å². The molecule has 2 aromatic carbocycles. The van der Waals surface area contributed by atoms with Crippen molar-refractivity contribution in [3.63, 3.8) is 0 Å². The van der Waals surface area contributed by atoms with E-state index in [1.165, 1.54) is 17.5 Å². The number of carbonyl (C=O) groups is 1. The minimum atomic E-state index is -0.434. The van der Waals surface area contributed by atoms with Crippen molar-refractivity contribution in [1.82, 2.24) is 9.91 Å². The third-order valence-corrected chi connectivity index (χ3v) is 6.13. The zero-order valence-electron chi connectivity index (χ0n) is 17.6. The largest absolute Gasteiger partial charge is 0.497 e. The molecule has 2 aromatic rings. The summed E-state index contributed by atoms with van der Waals surface area (Å²) in [6.07, 6.45) is 3.89. The van der Waals surface area contributed by atoms with Crippen LogP contribution in [0.4, 0.5) is 4.39 Å². The van der Waals surface area contributed by atoms with Crippen LogP contribution in [0.5, 0.6) is 5.75 Å². The van der Waals surface area contributed by atoms with Crippen molar-refractivity contribution in [1.29, 1.82) is 0 Å². The average Bonchev–Trinajstić information content (AvgIpc) is 3.21. The fourth-order valence-electron chi connectivity index (χ4n) is 4.32. The Kier molecular flexibility index (Phi) is 6.13. The van der Waals surface area contributed by atoms with E-state index in [0.717, 1.165) is 36.4 Å². The Hall–Kier alpha value is -2.73. The molecule has 0 aromatic heterocycles. The normalized spacial score (nSPS) is 22.1. The van der Waals surface area contributed by atoms with Gasteiger partial charge in [0.15, 0.2) is 0 Å². The lowest BCUT2D eigenvalue weighted by atomic mass is 9.98. The highest BCUT2D eigenvalue weighted by Gasteiger charge is 2.35. The van der Waals surface area contributed by atoms with Crippen LogP contribution in [0.15, 0.2) is 53.6 Å². The second kappa shape index (κ2) is 8.96. The Balaban J connectivity index is 1.62. The molecule has 0 saturated carbocycles. The third-order valence-electron chi connectivity index (χ3n) is 6.13. The lowest BCUT2D eigenvalue weighted by molar-refractivity contribution is -0.135. The Morgan fingerprint density at radius 3 is 2.63 bits per heavy atom. The lowest BCUT2D eigenvalue weighted by Gasteiger charge is -2.34. The van der Waals surface area contributed by atoms with Gasteiger partial charge in [0.05, 0.1) is 25.4 Å². The number of benzene rings is 2. The van der Waals surface area contributed by atoms with Gasteiger partial charge < -0.3 is 4.74 Å². The monoisotopic (exact) mass is 409 g/mol. The van der Waals surface area contributed by atoms with E-state index >= 15 is 0 Å². The molecule has 6 heteroatoms. The number of halogens is 1. The summed E-state index contributed by atoms with van der Waals surface area (Å²) in [6, 6.07) is 14.2. The van der Waals surface area contributed by atoms with Crippen LogP contribution in [0.25, 0.3) is 0 Å². The van der Waals surface area contributed by atoms with Gasteiger partial charge in [-0.05, 0) is 62.2 Å². The highest BCUT2D eigenvalue weighted by Crippen LogP contribution is 2.34. The lowest BCUT2D eigenvalue weighted by Crippen LogP contribution is -2.44. The molecule has 0 N–H and O–H groups in total. The van der Waals surface area contributed by atoms with E-state index in [-0.39, 0.29) is 11.7 Å². The van der Waals surface area contributed by atoms with Crippen LogP contribution in [0.2, 0.25) is 0 Å². The van der Waals surface area contributed by atoms with E-state index in [1.807, 2.05) is 24.3 Å². The number of nitrogens with zero attached hydrogens (tertiary/aromatic N) is 3. The third kappa shape index (κ3) is 4.24. The van der Waals surface area contributed by atoms with E-state index in [0.29, 0.717) is 24.6 Å². The molecular weight excluding hydrogens is 381 g/mol. The van der Waals surface area contributed by atoms with Gasteiger partial charge >= 0.3 is 0 Å². The standard InChI is InChI=1S/C24H28FN3O2/c1-17-7-5-6-14-27(17)16-24(29)28-23(20-8-3-4-9-21(20)25)15-22(26-28)18-10-12-19(30-2)13-11-18/h3-4,8-13,17,23H,5-7,14-16H2,1-2H3. The molecule has 2 aliphatic heterocycles. The van der Waals surface area contributed by atoms with E-state index in [1.54, 1.807) is 25.3 Å². The molecule has 5 nitrogen and oxygen atoms in total. The number of likely N-dealkylation sites (tertiary alicyclic amines) is 1. The Labute approximate surface area is 177 Å². The second-order valence-corrected chi connectivity index (χ2v) is 8.07. The van der Waals surface area contributed by atoms with Crippen LogP contribution < -0.4 is 4.74 Å². The van der Waals surface area contributed by atoms with Crippen molar-refractivity contribution in [2.24, 2.45) is 5.10 Å². The zero-order chi connectivity index (χ0) is 21.1. The smallest absolute Gasteiger partial charge is 0.257 e. The summed E-state index contributed by atoms with van der Waals surface area (Å²) in [5.41, 5.74) is 2.20. The fourth-order valence-corrected chi connectivity index (χ4v) is 4.32. The second-order valence-electron chi connectivity index (χ2n) is 8.07. The summed E-state index contributed by atoms with van der Waals surface area (Å²) >= 11 is 0. The van der Waals surface area contributed by atoms with Crippen molar-refractivity contribution in [3.8, 4) is 5.75 Å².